The molecule has 0 saturated carbocycles. The number of rotatable bonds is 4. The molecule has 0 radical (unpaired) electrons. The number of hydrogen-bond acceptors (Lipinski definition) is 6. The molecule has 2 atom stereocenters. The normalized spacial score (nSPS) is 25.8. The van der Waals surface area contributed by atoms with Crippen molar-refractivity contribution < 1.29 is 9.47 Å². The van der Waals surface area contributed by atoms with Crippen LogP contribution >= 0.6 is 0 Å². The van der Waals surface area contributed by atoms with Crippen LogP contribution in [0.1, 0.15) is 6.42 Å². The first-order valence-corrected chi connectivity index (χ1v) is 8.45. The second-order valence-corrected chi connectivity index (χ2v) is 6.12. The smallest absolute Gasteiger partial charge is 0.225 e. The molecule has 1 aromatic rings. The van der Waals surface area contributed by atoms with Crippen molar-refractivity contribution in [3.05, 3.63) is 18.5 Å². The number of piperazine rings is 1. The van der Waals surface area contributed by atoms with Crippen LogP contribution in [-0.4, -0.2) is 80.0 Å². The largest absolute Gasteiger partial charge is 0.379 e. The summed E-state index contributed by atoms with van der Waals surface area (Å²) in [6.07, 6.45) is 4.62. The Morgan fingerprint density at radius 1 is 1.33 bits per heavy atom. The molecule has 2 N–H and O–H groups in total. The standard InChI is InChI=1S/C16H26N6O2/c1-23-14-12-24-10-3-13(14)11-20-15(17)21-6-8-22(9-7-21)16-18-4-2-5-19-16/h2,4-5,13-14H,3,6-12H2,1H3,(H2,17,20). The van der Waals surface area contributed by atoms with Crippen LogP contribution in [0.15, 0.2) is 23.5 Å². The zero-order valence-corrected chi connectivity index (χ0v) is 14.2. The van der Waals surface area contributed by atoms with Gasteiger partial charge in [-0.15, -0.1) is 0 Å². The molecular formula is C16H26N6O2. The zero-order valence-electron chi connectivity index (χ0n) is 14.2. The van der Waals surface area contributed by atoms with E-state index in [0.29, 0.717) is 25.0 Å². The number of nitrogens with two attached hydrogens (primary N) is 1. The molecule has 3 rings (SSSR count). The highest BCUT2D eigenvalue weighted by Crippen LogP contribution is 2.18. The predicted octanol–water partition coefficient (Wildman–Crippen LogP) is -0.0352. The van der Waals surface area contributed by atoms with Crippen LogP contribution < -0.4 is 10.6 Å². The lowest BCUT2D eigenvalue weighted by molar-refractivity contribution is -0.0624. The molecule has 3 heterocycles. The summed E-state index contributed by atoms with van der Waals surface area (Å²) in [6.45, 7) is 5.46. The highest BCUT2D eigenvalue weighted by atomic mass is 16.5. The molecule has 0 aliphatic carbocycles. The van der Waals surface area contributed by atoms with E-state index < -0.39 is 0 Å². The predicted molar refractivity (Wildman–Crippen MR) is 92.0 cm³/mol. The SMILES string of the molecule is COC1COCCC1CN=C(N)N1CCN(c2ncccn2)CC1. The molecular weight excluding hydrogens is 308 g/mol. The quantitative estimate of drug-likeness (QED) is 0.611. The van der Waals surface area contributed by atoms with Crippen LogP contribution in [0, 0.1) is 5.92 Å². The molecule has 2 aliphatic rings. The van der Waals surface area contributed by atoms with Gasteiger partial charge in [0.1, 0.15) is 0 Å². The lowest BCUT2D eigenvalue weighted by atomic mass is 9.97. The Morgan fingerprint density at radius 2 is 2.08 bits per heavy atom. The van der Waals surface area contributed by atoms with E-state index >= 15 is 0 Å². The molecule has 2 aliphatic heterocycles. The summed E-state index contributed by atoms with van der Waals surface area (Å²) in [5, 5.41) is 0. The minimum absolute atomic E-state index is 0.113. The van der Waals surface area contributed by atoms with Gasteiger partial charge in [-0.25, -0.2) is 9.97 Å². The maximum atomic E-state index is 6.19. The van der Waals surface area contributed by atoms with E-state index in [-0.39, 0.29) is 6.10 Å². The third kappa shape index (κ3) is 4.12. The minimum Gasteiger partial charge on any atom is -0.379 e. The van der Waals surface area contributed by atoms with E-state index in [2.05, 4.69) is 24.8 Å². The van der Waals surface area contributed by atoms with Gasteiger partial charge in [0.15, 0.2) is 5.96 Å². The molecule has 8 heteroatoms. The van der Waals surface area contributed by atoms with Crippen LogP contribution in [-0.2, 0) is 9.47 Å². The van der Waals surface area contributed by atoms with Crippen molar-refractivity contribution in [3.63, 3.8) is 0 Å². The highest BCUT2D eigenvalue weighted by molar-refractivity contribution is 5.78. The number of hydrogen-bond donors (Lipinski definition) is 1. The van der Waals surface area contributed by atoms with Gasteiger partial charge in [0.2, 0.25) is 5.95 Å². The Labute approximate surface area is 142 Å². The Bertz CT molecular complexity index is 533. The third-order valence-corrected chi connectivity index (χ3v) is 4.67. The summed E-state index contributed by atoms with van der Waals surface area (Å²) in [4.78, 5) is 17.5. The number of anilines is 1. The summed E-state index contributed by atoms with van der Waals surface area (Å²) in [5.41, 5.74) is 6.19. The van der Waals surface area contributed by atoms with E-state index in [9.17, 15) is 0 Å². The van der Waals surface area contributed by atoms with Crippen LogP contribution in [0.4, 0.5) is 5.95 Å². The molecule has 0 spiro atoms. The summed E-state index contributed by atoms with van der Waals surface area (Å²) in [6, 6.07) is 1.83. The Morgan fingerprint density at radius 3 is 2.79 bits per heavy atom. The van der Waals surface area contributed by atoms with Gasteiger partial charge < -0.3 is 25.0 Å². The average molecular weight is 334 g/mol. The van der Waals surface area contributed by atoms with Crippen molar-refractivity contribution in [2.75, 3.05) is 57.9 Å². The highest BCUT2D eigenvalue weighted by Gasteiger charge is 2.26. The average Bonchev–Trinajstić information content (AvgIpc) is 2.67. The third-order valence-electron chi connectivity index (χ3n) is 4.67. The molecule has 24 heavy (non-hydrogen) atoms. The first kappa shape index (κ1) is 16.9. The monoisotopic (exact) mass is 334 g/mol. The number of aliphatic imine (C=N–C) groups is 1. The van der Waals surface area contributed by atoms with Gasteiger partial charge >= 0.3 is 0 Å². The van der Waals surface area contributed by atoms with E-state index in [4.69, 9.17) is 15.2 Å². The summed E-state index contributed by atoms with van der Waals surface area (Å²) >= 11 is 0. The summed E-state index contributed by atoms with van der Waals surface area (Å²) in [5.74, 6) is 1.77. The van der Waals surface area contributed by atoms with Gasteiger partial charge in [-0.2, -0.15) is 0 Å². The number of ether oxygens (including phenoxy) is 2. The summed E-state index contributed by atoms with van der Waals surface area (Å²) < 4.78 is 10.9. The fraction of sp³-hybridized carbons (Fsp3) is 0.688. The molecule has 132 valence electrons. The van der Waals surface area contributed by atoms with Crippen molar-refractivity contribution in [1.82, 2.24) is 14.9 Å². The van der Waals surface area contributed by atoms with Crippen molar-refractivity contribution >= 4 is 11.9 Å². The van der Waals surface area contributed by atoms with Crippen LogP contribution in [0.2, 0.25) is 0 Å². The molecule has 2 saturated heterocycles. The van der Waals surface area contributed by atoms with Crippen LogP contribution in [0.25, 0.3) is 0 Å². The topological polar surface area (TPSA) is 89.1 Å². The number of guanidine groups is 1. The lowest BCUT2D eigenvalue weighted by Crippen LogP contribution is -2.51. The van der Waals surface area contributed by atoms with E-state index in [1.54, 1.807) is 19.5 Å². The van der Waals surface area contributed by atoms with Crippen LogP contribution in [0.3, 0.4) is 0 Å². The molecule has 0 amide bonds. The van der Waals surface area contributed by atoms with Gasteiger partial charge in [0.25, 0.3) is 0 Å². The molecule has 8 nitrogen and oxygen atoms in total. The maximum Gasteiger partial charge on any atom is 0.225 e. The second kappa shape index (κ2) is 8.25. The Hall–Kier alpha value is -1.93. The van der Waals surface area contributed by atoms with Crippen molar-refractivity contribution in [2.45, 2.75) is 12.5 Å². The number of aromatic nitrogens is 2. The van der Waals surface area contributed by atoms with Gasteiger partial charge in [-0.3, -0.25) is 4.99 Å². The molecule has 0 bridgehead atoms. The van der Waals surface area contributed by atoms with Crippen LogP contribution in [0.5, 0.6) is 0 Å². The Balaban J connectivity index is 1.50. The van der Waals surface area contributed by atoms with E-state index in [1.807, 2.05) is 6.07 Å². The van der Waals surface area contributed by atoms with Crippen molar-refractivity contribution in [1.29, 1.82) is 0 Å². The second-order valence-electron chi connectivity index (χ2n) is 6.12. The minimum atomic E-state index is 0.113. The summed E-state index contributed by atoms with van der Waals surface area (Å²) in [7, 11) is 1.73. The number of methoxy groups -OCH3 is 1. The zero-order chi connectivity index (χ0) is 16.8. The van der Waals surface area contributed by atoms with Gasteiger partial charge in [0, 0.05) is 64.8 Å². The first-order valence-electron chi connectivity index (χ1n) is 8.45. The molecule has 0 aromatic carbocycles. The van der Waals surface area contributed by atoms with Crippen molar-refractivity contribution in [2.24, 2.45) is 16.6 Å². The first-order chi connectivity index (χ1) is 11.8. The van der Waals surface area contributed by atoms with E-state index in [1.165, 1.54) is 0 Å². The molecule has 1 aromatic heterocycles. The fourth-order valence-corrected chi connectivity index (χ4v) is 3.13. The van der Waals surface area contributed by atoms with Gasteiger partial charge in [-0.1, -0.05) is 0 Å². The van der Waals surface area contributed by atoms with E-state index in [0.717, 1.165) is 45.2 Å². The van der Waals surface area contributed by atoms with Gasteiger partial charge in [-0.05, 0) is 12.5 Å². The maximum absolute atomic E-state index is 6.19. The number of nitrogens with zero attached hydrogens (tertiary/aromatic N) is 5. The molecule has 2 unspecified atom stereocenters. The fourth-order valence-electron chi connectivity index (χ4n) is 3.13. The Kier molecular flexibility index (Phi) is 5.81. The van der Waals surface area contributed by atoms with Gasteiger partial charge in [0.05, 0.1) is 12.7 Å². The molecule has 2 fully saturated rings. The lowest BCUT2D eigenvalue weighted by Gasteiger charge is -2.35. The van der Waals surface area contributed by atoms with Crippen molar-refractivity contribution in [3.8, 4) is 0 Å².